The number of hydrogen-bond donors (Lipinski definition) is 0. The van der Waals surface area contributed by atoms with Crippen LogP contribution < -0.4 is 4.90 Å². The minimum Gasteiger partial charge on any atom is -0.465 e. The molecule has 1 heterocycles. The van der Waals surface area contributed by atoms with Crippen molar-refractivity contribution in [2.75, 3.05) is 24.6 Å². The van der Waals surface area contributed by atoms with Crippen molar-refractivity contribution in [2.45, 2.75) is 32.6 Å². The fraction of sp³-hybridized carbons (Fsp3) is 0.562. The van der Waals surface area contributed by atoms with Gasteiger partial charge in [-0.1, -0.05) is 31.5 Å². The molecule has 3 nitrogen and oxygen atoms in total. The molecule has 1 atom stereocenters. The highest BCUT2D eigenvalue weighted by Crippen LogP contribution is 2.23. The highest BCUT2D eigenvalue weighted by atomic mass is 16.5. The van der Waals surface area contributed by atoms with Gasteiger partial charge in [0.1, 0.15) is 0 Å². The fourth-order valence-corrected chi connectivity index (χ4v) is 2.48. The Bertz CT molecular complexity index is 391. The second-order valence-electron chi connectivity index (χ2n) is 5.14. The Labute approximate surface area is 115 Å². The van der Waals surface area contributed by atoms with Crippen LogP contribution in [0.2, 0.25) is 0 Å². The Balaban J connectivity index is 1.88. The van der Waals surface area contributed by atoms with Crippen LogP contribution in [-0.4, -0.2) is 25.7 Å². The van der Waals surface area contributed by atoms with Gasteiger partial charge in [-0.05, 0) is 31.4 Å². The summed E-state index contributed by atoms with van der Waals surface area (Å²) in [5.74, 6) is 0.0138. The van der Waals surface area contributed by atoms with Gasteiger partial charge in [-0.3, -0.25) is 4.79 Å². The number of hydrogen-bond acceptors (Lipinski definition) is 3. The molecule has 0 amide bonds. The van der Waals surface area contributed by atoms with Crippen molar-refractivity contribution in [1.82, 2.24) is 0 Å². The molecule has 0 bridgehead atoms. The largest absolute Gasteiger partial charge is 0.465 e. The minimum absolute atomic E-state index is 0.0194. The predicted octanol–water partition coefficient (Wildman–Crippen LogP) is 3.25. The van der Waals surface area contributed by atoms with Crippen molar-refractivity contribution in [3.8, 4) is 0 Å². The molecule has 1 aromatic carbocycles. The second-order valence-corrected chi connectivity index (χ2v) is 5.14. The smallest absolute Gasteiger partial charge is 0.310 e. The monoisotopic (exact) mass is 261 g/mol. The Morgan fingerprint density at radius 2 is 2.16 bits per heavy atom. The summed E-state index contributed by atoms with van der Waals surface area (Å²) in [4.78, 5) is 14.3. The molecule has 1 aromatic rings. The van der Waals surface area contributed by atoms with Crippen LogP contribution >= 0.6 is 0 Å². The second kappa shape index (κ2) is 7.17. The van der Waals surface area contributed by atoms with Crippen molar-refractivity contribution < 1.29 is 9.53 Å². The van der Waals surface area contributed by atoms with Crippen LogP contribution in [-0.2, 0) is 9.53 Å². The van der Waals surface area contributed by atoms with E-state index >= 15 is 0 Å². The van der Waals surface area contributed by atoms with E-state index in [0.29, 0.717) is 6.61 Å². The maximum atomic E-state index is 12.0. The maximum absolute atomic E-state index is 12.0. The molecule has 3 heteroatoms. The van der Waals surface area contributed by atoms with Crippen LogP contribution in [0.15, 0.2) is 30.3 Å². The maximum Gasteiger partial charge on any atom is 0.310 e. The third-order valence-electron chi connectivity index (χ3n) is 3.62. The van der Waals surface area contributed by atoms with Gasteiger partial charge in [0.2, 0.25) is 0 Å². The lowest BCUT2D eigenvalue weighted by Crippen LogP contribution is -2.39. The van der Waals surface area contributed by atoms with Crippen LogP contribution in [0.1, 0.15) is 32.6 Å². The lowest BCUT2D eigenvalue weighted by molar-refractivity contribution is -0.148. The van der Waals surface area contributed by atoms with Crippen LogP contribution in [0, 0.1) is 5.92 Å². The van der Waals surface area contributed by atoms with E-state index in [9.17, 15) is 4.79 Å². The number of carbonyl (C=O) groups excluding carboxylic acids is 1. The summed E-state index contributed by atoms with van der Waals surface area (Å²) in [6.45, 7) is 4.49. The Kier molecular flexibility index (Phi) is 5.25. The van der Waals surface area contributed by atoms with Gasteiger partial charge in [-0.15, -0.1) is 0 Å². The molecule has 104 valence electrons. The normalized spacial score (nSPS) is 19.2. The van der Waals surface area contributed by atoms with Crippen LogP contribution in [0.3, 0.4) is 0 Å². The molecule has 1 unspecified atom stereocenters. The number of rotatable bonds is 5. The molecule has 1 aliphatic heterocycles. The molecule has 0 saturated carbocycles. The number of anilines is 1. The number of esters is 1. The van der Waals surface area contributed by atoms with E-state index in [4.69, 9.17) is 4.74 Å². The first-order valence-corrected chi connectivity index (χ1v) is 7.28. The SMILES string of the molecule is CCCCOC(=O)C1CCCN(c2ccccc2)C1. The number of piperidine rings is 1. The van der Waals surface area contributed by atoms with E-state index in [-0.39, 0.29) is 11.9 Å². The van der Waals surface area contributed by atoms with Gasteiger partial charge < -0.3 is 9.64 Å². The molecule has 0 N–H and O–H groups in total. The first-order chi connectivity index (χ1) is 9.31. The zero-order valence-electron chi connectivity index (χ0n) is 11.7. The van der Waals surface area contributed by atoms with Gasteiger partial charge in [0.25, 0.3) is 0 Å². The fourth-order valence-electron chi connectivity index (χ4n) is 2.48. The Morgan fingerprint density at radius 3 is 2.89 bits per heavy atom. The quantitative estimate of drug-likeness (QED) is 0.602. The minimum atomic E-state index is -0.0194. The average molecular weight is 261 g/mol. The van der Waals surface area contributed by atoms with E-state index in [1.165, 1.54) is 5.69 Å². The highest BCUT2D eigenvalue weighted by Gasteiger charge is 2.26. The summed E-state index contributed by atoms with van der Waals surface area (Å²) in [5, 5.41) is 0. The van der Waals surface area contributed by atoms with Crippen LogP contribution in [0.4, 0.5) is 5.69 Å². The van der Waals surface area contributed by atoms with E-state index in [0.717, 1.165) is 38.8 Å². The molecular formula is C16H23NO2. The van der Waals surface area contributed by atoms with Gasteiger partial charge >= 0.3 is 5.97 Å². The Hall–Kier alpha value is -1.51. The lowest BCUT2D eigenvalue weighted by Gasteiger charge is -2.33. The van der Waals surface area contributed by atoms with E-state index in [1.807, 2.05) is 18.2 Å². The van der Waals surface area contributed by atoms with Crippen molar-refractivity contribution in [3.63, 3.8) is 0 Å². The van der Waals surface area contributed by atoms with Gasteiger partial charge in [0.15, 0.2) is 0 Å². The van der Waals surface area contributed by atoms with Crippen LogP contribution in [0.5, 0.6) is 0 Å². The van der Waals surface area contributed by atoms with Gasteiger partial charge in [-0.25, -0.2) is 0 Å². The summed E-state index contributed by atoms with van der Waals surface area (Å²) in [5.41, 5.74) is 1.20. The van der Waals surface area contributed by atoms with Gasteiger partial charge in [0.05, 0.1) is 12.5 Å². The number of nitrogens with zero attached hydrogens (tertiary/aromatic N) is 1. The van der Waals surface area contributed by atoms with Crippen molar-refractivity contribution in [2.24, 2.45) is 5.92 Å². The highest BCUT2D eigenvalue weighted by molar-refractivity contribution is 5.73. The first kappa shape index (κ1) is 13.9. The van der Waals surface area contributed by atoms with Crippen LogP contribution in [0.25, 0.3) is 0 Å². The molecule has 2 rings (SSSR count). The molecule has 0 spiro atoms. The Morgan fingerprint density at radius 1 is 1.37 bits per heavy atom. The number of para-hydroxylation sites is 1. The molecule has 0 radical (unpaired) electrons. The molecule has 19 heavy (non-hydrogen) atoms. The summed E-state index contributed by atoms with van der Waals surface area (Å²) >= 11 is 0. The summed E-state index contributed by atoms with van der Waals surface area (Å²) in [7, 11) is 0. The van der Waals surface area contributed by atoms with Crippen molar-refractivity contribution >= 4 is 11.7 Å². The topological polar surface area (TPSA) is 29.5 Å². The van der Waals surface area contributed by atoms with E-state index in [1.54, 1.807) is 0 Å². The van der Waals surface area contributed by atoms with Crippen molar-refractivity contribution in [1.29, 1.82) is 0 Å². The number of benzene rings is 1. The van der Waals surface area contributed by atoms with E-state index < -0.39 is 0 Å². The zero-order chi connectivity index (χ0) is 13.5. The number of ether oxygens (including phenoxy) is 1. The summed E-state index contributed by atoms with van der Waals surface area (Å²) in [6, 6.07) is 10.3. The predicted molar refractivity (Wildman–Crippen MR) is 77.2 cm³/mol. The molecular weight excluding hydrogens is 238 g/mol. The first-order valence-electron chi connectivity index (χ1n) is 7.28. The van der Waals surface area contributed by atoms with Gasteiger partial charge in [0, 0.05) is 18.8 Å². The van der Waals surface area contributed by atoms with Gasteiger partial charge in [-0.2, -0.15) is 0 Å². The number of carbonyl (C=O) groups is 1. The number of unbranched alkanes of at least 4 members (excludes halogenated alkanes) is 1. The van der Waals surface area contributed by atoms with E-state index in [2.05, 4.69) is 24.0 Å². The third-order valence-corrected chi connectivity index (χ3v) is 3.62. The molecule has 1 fully saturated rings. The molecule has 0 aromatic heterocycles. The average Bonchev–Trinajstić information content (AvgIpc) is 2.48. The molecule has 1 saturated heterocycles. The standard InChI is InChI=1S/C16H23NO2/c1-2-3-12-19-16(18)14-8-7-11-17(13-14)15-9-5-4-6-10-15/h4-6,9-10,14H,2-3,7-8,11-13H2,1H3. The van der Waals surface area contributed by atoms with Crippen molar-refractivity contribution in [3.05, 3.63) is 30.3 Å². The lowest BCUT2D eigenvalue weighted by atomic mass is 9.97. The third kappa shape index (κ3) is 3.98. The summed E-state index contributed by atoms with van der Waals surface area (Å²) < 4.78 is 5.34. The molecule has 1 aliphatic rings. The molecule has 0 aliphatic carbocycles. The summed E-state index contributed by atoms with van der Waals surface area (Å²) in [6.07, 6.45) is 4.03. The zero-order valence-corrected chi connectivity index (χ0v) is 11.7.